The molecular weight excluding hydrogens is 240 g/mol. The molecule has 0 bridgehead atoms. The Balaban J connectivity index is 0.000000861. The Hall–Kier alpha value is -1.75. The summed E-state index contributed by atoms with van der Waals surface area (Å²) >= 11 is 0. The maximum absolute atomic E-state index is 11.8. The van der Waals surface area contributed by atoms with Gasteiger partial charge in [0.15, 0.2) is 0 Å². The number of carbonyl (C=O) groups excluding carboxylic acids is 1. The van der Waals surface area contributed by atoms with E-state index < -0.39 is 0 Å². The molecule has 0 saturated carbocycles. The SMILES string of the molecule is CC.CNC(=O)c1cc(N)ccc1N1CCNCC1. The van der Waals surface area contributed by atoms with Gasteiger partial charge in [-0.1, -0.05) is 13.8 Å². The van der Waals surface area contributed by atoms with Crippen molar-refractivity contribution in [3.8, 4) is 0 Å². The molecule has 106 valence electrons. The number of carbonyl (C=O) groups is 1. The summed E-state index contributed by atoms with van der Waals surface area (Å²) in [6, 6.07) is 5.49. The first-order valence-electron chi connectivity index (χ1n) is 6.79. The molecule has 2 rings (SSSR count). The van der Waals surface area contributed by atoms with Crippen LogP contribution in [-0.4, -0.2) is 39.1 Å². The van der Waals surface area contributed by atoms with Crippen molar-refractivity contribution < 1.29 is 4.79 Å². The molecule has 0 unspecified atom stereocenters. The van der Waals surface area contributed by atoms with Crippen molar-refractivity contribution in [2.45, 2.75) is 13.8 Å². The lowest BCUT2D eigenvalue weighted by Gasteiger charge is -2.30. The second-order valence-corrected chi connectivity index (χ2v) is 4.09. The molecule has 0 aromatic heterocycles. The van der Waals surface area contributed by atoms with Crippen molar-refractivity contribution in [1.82, 2.24) is 10.6 Å². The molecule has 1 aliphatic heterocycles. The first-order valence-corrected chi connectivity index (χ1v) is 6.79. The van der Waals surface area contributed by atoms with Gasteiger partial charge in [0.05, 0.1) is 5.56 Å². The monoisotopic (exact) mass is 264 g/mol. The van der Waals surface area contributed by atoms with Crippen LogP contribution in [0.25, 0.3) is 0 Å². The minimum Gasteiger partial charge on any atom is -0.399 e. The molecule has 1 aromatic rings. The smallest absolute Gasteiger partial charge is 0.253 e. The largest absolute Gasteiger partial charge is 0.399 e. The Bertz CT molecular complexity index is 414. The van der Waals surface area contributed by atoms with Crippen LogP contribution >= 0.6 is 0 Å². The van der Waals surface area contributed by atoms with Crippen LogP contribution in [0.4, 0.5) is 11.4 Å². The van der Waals surface area contributed by atoms with Gasteiger partial charge in [-0.05, 0) is 18.2 Å². The highest BCUT2D eigenvalue weighted by molar-refractivity contribution is 6.00. The number of nitrogens with one attached hydrogen (secondary N) is 2. The summed E-state index contributed by atoms with van der Waals surface area (Å²) in [5.74, 6) is -0.0918. The van der Waals surface area contributed by atoms with Crippen LogP contribution in [0.2, 0.25) is 0 Å². The molecule has 0 atom stereocenters. The maximum atomic E-state index is 11.8. The summed E-state index contributed by atoms with van der Waals surface area (Å²) in [4.78, 5) is 14.0. The lowest BCUT2D eigenvalue weighted by molar-refractivity contribution is 0.0963. The van der Waals surface area contributed by atoms with Gasteiger partial charge in [0.1, 0.15) is 0 Å². The van der Waals surface area contributed by atoms with E-state index >= 15 is 0 Å². The second-order valence-electron chi connectivity index (χ2n) is 4.09. The van der Waals surface area contributed by atoms with Crippen LogP contribution in [0.5, 0.6) is 0 Å². The predicted molar refractivity (Wildman–Crippen MR) is 80.7 cm³/mol. The van der Waals surface area contributed by atoms with Crippen molar-refractivity contribution in [2.75, 3.05) is 43.9 Å². The molecule has 0 radical (unpaired) electrons. The number of amides is 1. The van der Waals surface area contributed by atoms with Gasteiger partial charge in [0.2, 0.25) is 0 Å². The normalized spacial score (nSPS) is 14.4. The highest BCUT2D eigenvalue weighted by atomic mass is 16.1. The van der Waals surface area contributed by atoms with E-state index in [0.29, 0.717) is 11.3 Å². The summed E-state index contributed by atoms with van der Waals surface area (Å²) in [5.41, 5.74) is 7.96. The van der Waals surface area contributed by atoms with Gasteiger partial charge in [0, 0.05) is 44.6 Å². The number of anilines is 2. The summed E-state index contributed by atoms with van der Waals surface area (Å²) in [7, 11) is 1.63. The van der Waals surface area contributed by atoms with Gasteiger partial charge in [-0.3, -0.25) is 4.79 Å². The fourth-order valence-corrected chi connectivity index (χ4v) is 2.05. The fraction of sp³-hybridized carbons (Fsp3) is 0.500. The quantitative estimate of drug-likeness (QED) is 0.699. The van der Waals surface area contributed by atoms with E-state index in [1.807, 2.05) is 26.0 Å². The topological polar surface area (TPSA) is 70.4 Å². The standard InChI is InChI=1S/C12H18N4O.C2H6/c1-14-12(17)10-8-9(13)2-3-11(10)16-6-4-15-5-7-16;1-2/h2-3,8,15H,4-7,13H2,1H3,(H,14,17);1-2H3. The number of benzene rings is 1. The molecule has 1 saturated heterocycles. The van der Waals surface area contributed by atoms with Gasteiger partial charge in [-0.2, -0.15) is 0 Å². The number of nitrogen functional groups attached to an aromatic ring is 1. The van der Waals surface area contributed by atoms with Crippen LogP contribution in [0.1, 0.15) is 24.2 Å². The summed E-state index contributed by atoms with van der Waals surface area (Å²) < 4.78 is 0. The first kappa shape index (κ1) is 15.3. The van der Waals surface area contributed by atoms with E-state index in [1.54, 1.807) is 13.1 Å². The van der Waals surface area contributed by atoms with Crippen molar-refractivity contribution in [2.24, 2.45) is 0 Å². The molecule has 1 aromatic carbocycles. The minimum atomic E-state index is -0.0918. The summed E-state index contributed by atoms with van der Waals surface area (Å²) in [6.45, 7) is 7.71. The molecule has 1 amide bonds. The third-order valence-corrected chi connectivity index (χ3v) is 2.95. The zero-order valence-corrected chi connectivity index (χ0v) is 12.0. The van der Waals surface area contributed by atoms with E-state index in [-0.39, 0.29) is 5.91 Å². The third kappa shape index (κ3) is 3.86. The van der Waals surface area contributed by atoms with Crippen molar-refractivity contribution >= 4 is 17.3 Å². The Morgan fingerprint density at radius 1 is 1.32 bits per heavy atom. The lowest BCUT2D eigenvalue weighted by Crippen LogP contribution is -2.44. The second kappa shape index (κ2) is 7.63. The number of piperazine rings is 1. The summed E-state index contributed by atoms with van der Waals surface area (Å²) in [6.07, 6.45) is 0. The number of nitrogens with two attached hydrogens (primary N) is 1. The van der Waals surface area contributed by atoms with E-state index in [2.05, 4.69) is 15.5 Å². The van der Waals surface area contributed by atoms with E-state index in [1.165, 1.54) is 0 Å². The third-order valence-electron chi connectivity index (χ3n) is 2.95. The van der Waals surface area contributed by atoms with Crippen molar-refractivity contribution in [3.63, 3.8) is 0 Å². The Labute approximate surface area is 115 Å². The summed E-state index contributed by atoms with van der Waals surface area (Å²) in [5, 5.41) is 5.94. The van der Waals surface area contributed by atoms with Gasteiger partial charge in [0.25, 0.3) is 5.91 Å². The molecule has 5 nitrogen and oxygen atoms in total. The predicted octanol–water partition coefficient (Wildman–Crippen LogP) is 1.06. The first-order chi connectivity index (χ1) is 9.22. The highest BCUT2D eigenvalue weighted by Crippen LogP contribution is 2.23. The van der Waals surface area contributed by atoms with E-state index in [4.69, 9.17) is 5.73 Å². The van der Waals surface area contributed by atoms with Gasteiger partial charge < -0.3 is 21.3 Å². The van der Waals surface area contributed by atoms with E-state index in [9.17, 15) is 4.79 Å². The lowest BCUT2D eigenvalue weighted by atomic mass is 10.1. The molecule has 1 aliphatic rings. The number of rotatable bonds is 2. The number of hydrogen-bond donors (Lipinski definition) is 3. The molecule has 19 heavy (non-hydrogen) atoms. The molecule has 5 heteroatoms. The fourth-order valence-electron chi connectivity index (χ4n) is 2.05. The highest BCUT2D eigenvalue weighted by Gasteiger charge is 2.17. The Morgan fingerprint density at radius 3 is 2.53 bits per heavy atom. The minimum absolute atomic E-state index is 0.0918. The van der Waals surface area contributed by atoms with Crippen LogP contribution < -0.4 is 21.3 Å². The number of nitrogens with zero attached hydrogens (tertiary/aromatic N) is 1. The molecule has 1 fully saturated rings. The van der Waals surface area contributed by atoms with Gasteiger partial charge >= 0.3 is 0 Å². The van der Waals surface area contributed by atoms with Gasteiger partial charge in [-0.15, -0.1) is 0 Å². The average molecular weight is 264 g/mol. The van der Waals surface area contributed by atoms with Gasteiger partial charge in [-0.25, -0.2) is 0 Å². The van der Waals surface area contributed by atoms with Crippen LogP contribution in [0, 0.1) is 0 Å². The van der Waals surface area contributed by atoms with Crippen molar-refractivity contribution in [1.29, 1.82) is 0 Å². The zero-order chi connectivity index (χ0) is 14.3. The molecule has 1 heterocycles. The Morgan fingerprint density at radius 2 is 1.95 bits per heavy atom. The van der Waals surface area contributed by atoms with Crippen LogP contribution in [-0.2, 0) is 0 Å². The molecular formula is C14H24N4O. The van der Waals surface area contributed by atoms with E-state index in [0.717, 1.165) is 31.9 Å². The van der Waals surface area contributed by atoms with Crippen LogP contribution in [0.3, 0.4) is 0 Å². The molecule has 0 aliphatic carbocycles. The van der Waals surface area contributed by atoms with Crippen molar-refractivity contribution in [3.05, 3.63) is 23.8 Å². The number of hydrogen-bond acceptors (Lipinski definition) is 4. The molecule has 4 N–H and O–H groups in total. The van der Waals surface area contributed by atoms with Crippen LogP contribution in [0.15, 0.2) is 18.2 Å². The Kier molecular flexibility index (Phi) is 6.15. The molecule has 0 spiro atoms. The maximum Gasteiger partial charge on any atom is 0.253 e. The average Bonchev–Trinajstić information content (AvgIpc) is 2.49. The zero-order valence-electron chi connectivity index (χ0n) is 12.0.